The Morgan fingerprint density at radius 1 is 1.19 bits per heavy atom. The van der Waals surface area contributed by atoms with E-state index >= 15 is 0 Å². The van der Waals surface area contributed by atoms with Crippen LogP contribution in [0.2, 0.25) is 0 Å². The average molecular weight is 441 g/mol. The number of esters is 1. The number of piperidine rings is 1. The number of benzene rings is 1. The number of fused-ring (bicyclic) bond motifs is 2. The molecule has 0 bridgehead atoms. The molecule has 0 aromatic heterocycles. The van der Waals surface area contributed by atoms with E-state index in [0.717, 1.165) is 32.4 Å². The van der Waals surface area contributed by atoms with Crippen molar-refractivity contribution in [1.29, 1.82) is 0 Å². The van der Waals surface area contributed by atoms with Gasteiger partial charge in [-0.15, -0.1) is 0 Å². The van der Waals surface area contributed by atoms with Gasteiger partial charge >= 0.3 is 5.97 Å². The molecule has 0 amide bonds. The molecule has 2 heterocycles. The summed E-state index contributed by atoms with van der Waals surface area (Å²) >= 11 is 0. The molecule has 2 saturated heterocycles. The molecule has 2 aliphatic carbocycles. The SMILES string of the molecule is C[C@H]1CCC=C2C[C@H]3OC(=O)[C@@H](C[NH2+]C4CC[NH+](Cc5ccccc5)CC4)[C@H]3[C@@H](O)[C@@]21C. The van der Waals surface area contributed by atoms with Crippen molar-refractivity contribution in [2.75, 3.05) is 19.6 Å². The van der Waals surface area contributed by atoms with E-state index < -0.39 is 6.10 Å². The van der Waals surface area contributed by atoms with Crippen LogP contribution in [-0.2, 0) is 16.1 Å². The first-order valence-corrected chi connectivity index (χ1v) is 12.8. The summed E-state index contributed by atoms with van der Waals surface area (Å²) in [5.41, 5.74) is 2.52. The van der Waals surface area contributed by atoms with Crippen LogP contribution in [0.4, 0.5) is 0 Å². The van der Waals surface area contributed by atoms with Gasteiger partial charge in [0, 0.05) is 36.2 Å². The van der Waals surface area contributed by atoms with Crippen LogP contribution in [0.3, 0.4) is 0 Å². The van der Waals surface area contributed by atoms with Gasteiger partial charge in [0.2, 0.25) is 0 Å². The van der Waals surface area contributed by atoms with Crippen LogP contribution in [0.15, 0.2) is 42.0 Å². The van der Waals surface area contributed by atoms with Crippen molar-refractivity contribution in [2.45, 2.75) is 70.7 Å². The molecule has 5 nitrogen and oxygen atoms in total. The van der Waals surface area contributed by atoms with E-state index in [0.29, 0.717) is 12.0 Å². The molecule has 0 unspecified atom stereocenters. The molecule has 2 aliphatic heterocycles. The number of nitrogens with two attached hydrogens (primary N) is 1. The Labute approximate surface area is 192 Å². The second kappa shape index (κ2) is 8.92. The number of aliphatic hydroxyl groups is 1. The van der Waals surface area contributed by atoms with Crippen molar-refractivity contribution in [1.82, 2.24) is 0 Å². The maximum Gasteiger partial charge on any atom is 0.315 e. The Morgan fingerprint density at radius 2 is 1.94 bits per heavy atom. The highest BCUT2D eigenvalue weighted by Crippen LogP contribution is 2.55. The highest BCUT2D eigenvalue weighted by Gasteiger charge is 2.60. The third-order valence-electron chi connectivity index (χ3n) is 9.33. The summed E-state index contributed by atoms with van der Waals surface area (Å²) in [6.45, 7) is 8.71. The van der Waals surface area contributed by atoms with E-state index in [1.165, 1.54) is 37.1 Å². The molecule has 4 N–H and O–H groups in total. The highest BCUT2D eigenvalue weighted by atomic mass is 16.6. The van der Waals surface area contributed by atoms with Gasteiger partial charge in [-0.2, -0.15) is 0 Å². The Morgan fingerprint density at radius 3 is 2.69 bits per heavy atom. The lowest BCUT2D eigenvalue weighted by Crippen LogP contribution is -3.13. The largest absolute Gasteiger partial charge is 0.461 e. The number of quaternary nitrogens is 2. The van der Waals surface area contributed by atoms with Gasteiger partial charge in [-0.25, -0.2) is 0 Å². The zero-order valence-corrected chi connectivity index (χ0v) is 19.6. The number of hydrogen-bond donors (Lipinski definition) is 3. The molecule has 174 valence electrons. The molecule has 3 fully saturated rings. The van der Waals surface area contributed by atoms with Crippen molar-refractivity contribution in [3.63, 3.8) is 0 Å². The summed E-state index contributed by atoms with van der Waals surface area (Å²) in [5, 5.41) is 13.9. The number of likely N-dealkylation sites (tertiary alicyclic amines) is 1. The van der Waals surface area contributed by atoms with E-state index in [2.05, 4.69) is 55.6 Å². The summed E-state index contributed by atoms with van der Waals surface area (Å²) in [6, 6.07) is 11.3. The quantitative estimate of drug-likeness (QED) is 0.474. The van der Waals surface area contributed by atoms with Crippen molar-refractivity contribution >= 4 is 5.97 Å². The van der Waals surface area contributed by atoms with Crippen LogP contribution < -0.4 is 10.2 Å². The Bertz CT molecular complexity index is 848. The minimum atomic E-state index is -0.496. The Hall–Kier alpha value is -1.69. The Kier molecular flexibility index (Phi) is 6.17. The number of allylic oxidation sites excluding steroid dienone is 1. The van der Waals surface area contributed by atoms with Crippen molar-refractivity contribution in [3.8, 4) is 0 Å². The second-order valence-corrected chi connectivity index (χ2v) is 11.0. The first kappa shape index (κ1) is 22.1. The van der Waals surface area contributed by atoms with Crippen LogP contribution in [0, 0.1) is 23.2 Å². The fraction of sp³-hybridized carbons (Fsp3) is 0.667. The van der Waals surface area contributed by atoms with Crippen LogP contribution in [0.5, 0.6) is 0 Å². The lowest BCUT2D eigenvalue weighted by Gasteiger charge is -2.51. The number of hydrogen-bond acceptors (Lipinski definition) is 3. The molecular weight excluding hydrogens is 400 g/mol. The lowest BCUT2D eigenvalue weighted by molar-refractivity contribution is -0.926. The molecule has 0 radical (unpaired) electrons. The van der Waals surface area contributed by atoms with Gasteiger partial charge < -0.3 is 20.1 Å². The zero-order chi connectivity index (χ0) is 22.3. The normalized spacial score (nSPS) is 41.4. The first-order valence-electron chi connectivity index (χ1n) is 12.8. The number of ether oxygens (including phenoxy) is 1. The van der Waals surface area contributed by atoms with Crippen LogP contribution in [0.25, 0.3) is 0 Å². The molecule has 5 heteroatoms. The molecule has 1 saturated carbocycles. The van der Waals surface area contributed by atoms with E-state index in [1.54, 1.807) is 4.90 Å². The molecule has 5 rings (SSSR count). The van der Waals surface area contributed by atoms with Crippen molar-refractivity contribution in [3.05, 3.63) is 47.5 Å². The van der Waals surface area contributed by atoms with Gasteiger partial charge in [0.25, 0.3) is 0 Å². The third-order valence-corrected chi connectivity index (χ3v) is 9.33. The fourth-order valence-corrected chi connectivity index (χ4v) is 7.02. The predicted molar refractivity (Wildman–Crippen MR) is 123 cm³/mol. The smallest absolute Gasteiger partial charge is 0.315 e. The maximum atomic E-state index is 12.8. The number of rotatable bonds is 5. The molecule has 4 aliphatic rings. The van der Waals surface area contributed by atoms with Gasteiger partial charge in [0.15, 0.2) is 0 Å². The summed E-state index contributed by atoms with van der Waals surface area (Å²) in [6.07, 6.45) is 7.04. The summed E-state index contributed by atoms with van der Waals surface area (Å²) in [4.78, 5) is 14.5. The third kappa shape index (κ3) is 3.93. The minimum Gasteiger partial charge on any atom is -0.461 e. The van der Waals surface area contributed by atoms with Gasteiger partial charge in [-0.1, -0.05) is 55.8 Å². The van der Waals surface area contributed by atoms with Crippen LogP contribution in [0.1, 0.15) is 51.5 Å². The van der Waals surface area contributed by atoms with Crippen molar-refractivity contribution in [2.24, 2.45) is 23.2 Å². The average Bonchev–Trinajstić information content (AvgIpc) is 3.11. The maximum absolute atomic E-state index is 12.8. The topological polar surface area (TPSA) is 67.6 Å². The molecular formula is C27H40N2O3+2. The summed E-state index contributed by atoms with van der Waals surface area (Å²) < 4.78 is 5.84. The Balaban J connectivity index is 1.18. The van der Waals surface area contributed by atoms with Crippen molar-refractivity contribution < 1.29 is 24.9 Å². The standard InChI is InChI=1S/C27H38N2O3/c1-18-7-6-10-20-15-23-24(25(30)27(18,20)2)22(26(31)32-23)16-28-21-11-13-29(14-12-21)17-19-8-4-3-5-9-19/h3-5,8-10,18,21-25,28,30H,6-7,11-17H2,1-2H3/p+2/t18-,22-,23+,24+,25+,27+/m0/s1. The van der Waals surface area contributed by atoms with Gasteiger partial charge in [0.05, 0.1) is 31.8 Å². The summed E-state index contributed by atoms with van der Waals surface area (Å²) in [5.74, 6) is 0.107. The van der Waals surface area contributed by atoms with Gasteiger partial charge in [-0.05, 0) is 18.8 Å². The first-order chi connectivity index (χ1) is 15.5. The molecule has 0 spiro atoms. The van der Waals surface area contributed by atoms with E-state index in [-0.39, 0.29) is 29.3 Å². The molecule has 32 heavy (non-hydrogen) atoms. The minimum absolute atomic E-state index is 0.0646. The molecule has 1 aromatic carbocycles. The molecule has 6 atom stereocenters. The van der Waals surface area contributed by atoms with Gasteiger partial charge in [-0.3, -0.25) is 4.79 Å². The fourth-order valence-electron chi connectivity index (χ4n) is 7.02. The van der Waals surface area contributed by atoms with Gasteiger partial charge in [0.1, 0.15) is 18.6 Å². The second-order valence-electron chi connectivity index (χ2n) is 11.0. The zero-order valence-electron chi connectivity index (χ0n) is 19.6. The highest BCUT2D eigenvalue weighted by molar-refractivity contribution is 5.76. The predicted octanol–water partition coefficient (Wildman–Crippen LogP) is 1.08. The lowest BCUT2D eigenvalue weighted by atomic mass is 9.55. The van der Waals surface area contributed by atoms with E-state index in [9.17, 15) is 9.90 Å². The molecule has 1 aromatic rings. The van der Waals surface area contributed by atoms with Crippen LogP contribution in [-0.4, -0.2) is 49.0 Å². The number of aliphatic hydroxyl groups excluding tert-OH is 1. The van der Waals surface area contributed by atoms with E-state index in [4.69, 9.17) is 4.74 Å². The number of carbonyl (C=O) groups excluding carboxylic acids is 1. The summed E-state index contributed by atoms with van der Waals surface area (Å²) in [7, 11) is 0. The monoisotopic (exact) mass is 440 g/mol. The van der Waals surface area contributed by atoms with Crippen LogP contribution >= 0.6 is 0 Å². The van der Waals surface area contributed by atoms with E-state index in [1.807, 2.05) is 0 Å². The number of carbonyl (C=O) groups is 1. The number of nitrogens with one attached hydrogen (secondary N) is 1.